The first-order chi connectivity index (χ1) is 16.2. The molecular formula is C24H25N7O2. The fraction of sp³-hybridized carbons (Fsp3) is 0.250. The molecule has 168 valence electrons. The Bertz CT molecular complexity index is 1310. The maximum Gasteiger partial charge on any atom is 0.277 e. The minimum atomic E-state index is -0.345. The van der Waals surface area contributed by atoms with E-state index in [9.17, 15) is 4.79 Å². The van der Waals surface area contributed by atoms with Crippen molar-refractivity contribution >= 4 is 22.4 Å². The molecule has 3 N–H and O–H groups in total. The van der Waals surface area contributed by atoms with Crippen molar-refractivity contribution in [3.05, 3.63) is 70.6 Å². The van der Waals surface area contributed by atoms with E-state index in [1.54, 1.807) is 7.11 Å². The topological polar surface area (TPSA) is 108 Å². The van der Waals surface area contributed by atoms with Crippen LogP contribution in [0.2, 0.25) is 0 Å². The SMILES string of the molecule is COc1cccc(-c2nc(Nc3ccc(CN4CCNCC4)cc3)c3c(=O)[nH]ncc3n2)c1. The number of rotatable bonds is 6. The van der Waals surface area contributed by atoms with Crippen LogP contribution in [0, 0.1) is 0 Å². The van der Waals surface area contributed by atoms with Crippen molar-refractivity contribution in [1.29, 1.82) is 0 Å². The van der Waals surface area contributed by atoms with Gasteiger partial charge in [-0.15, -0.1) is 0 Å². The second kappa shape index (κ2) is 9.35. The van der Waals surface area contributed by atoms with Gasteiger partial charge in [-0.05, 0) is 29.8 Å². The molecule has 0 radical (unpaired) electrons. The van der Waals surface area contributed by atoms with Crippen molar-refractivity contribution in [3.8, 4) is 17.1 Å². The summed E-state index contributed by atoms with van der Waals surface area (Å²) in [4.78, 5) is 24.2. The number of aromatic amines is 1. The molecule has 0 amide bonds. The Morgan fingerprint density at radius 2 is 1.91 bits per heavy atom. The minimum absolute atomic E-state index is 0.345. The summed E-state index contributed by atoms with van der Waals surface area (Å²) < 4.78 is 5.33. The van der Waals surface area contributed by atoms with E-state index < -0.39 is 0 Å². The maximum atomic E-state index is 12.5. The molecule has 1 saturated heterocycles. The molecule has 5 rings (SSSR count). The number of fused-ring (bicyclic) bond motifs is 1. The van der Waals surface area contributed by atoms with E-state index in [1.807, 2.05) is 36.4 Å². The fourth-order valence-electron chi connectivity index (χ4n) is 3.94. The van der Waals surface area contributed by atoms with Gasteiger partial charge in [0.2, 0.25) is 0 Å². The van der Waals surface area contributed by atoms with Crippen molar-refractivity contribution in [1.82, 2.24) is 30.4 Å². The summed E-state index contributed by atoms with van der Waals surface area (Å²) in [6, 6.07) is 15.7. The van der Waals surface area contributed by atoms with Crippen molar-refractivity contribution in [2.24, 2.45) is 0 Å². The van der Waals surface area contributed by atoms with Crippen LogP contribution in [0.25, 0.3) is 22.3 Å². The van der Waals surface area contributed by atoms with Gasteiger partial charge in [0, 0.05) is 44.0 Å². The van der Waals surface area contributed by atoms with Gasteiger partial charge in [-0.1, -0.05) is 24.3 Å². The van der Waals surface area contributed by atoms with Crippen LogP contribution in [0.5, 0.6) is 5.75 Å². The highest BCUT2D eigenvalue weighted by Crippen LogP contribution is 2.27. The molecule has 2 aromatic carbocycles. The second-order valence-electron chi connectivity index (χ2n) is 7.94. The van der Waals surface area contributed by atoms with Gasteiger partial charge in [0.25, 0.3) is 5.56 Å². The number of benzene rings is 2. The molecule has 3 heterocycles. The van der Waals surface area contributed by atoms with Crippen LogP contribution in [-0.2, 0) is 6.54 Å². The molecule has 1 aliphatic heterocycles. The van der Waals surface area contributed by atoms with E-state index >= 15 is 0 Å². The molecule has 0 spiro atoms. The maximum absolute atomic E-state index is 12.5. The molecule has 1 fully saturated rings. The number of hydrogen-bond donors (Lipinski definition) is 3. The lowest BCUT2D eigenvalue weighted by Crippen LogP contribution is -2.42. The molecule has 1 aliphatic rings. The predicted molar refractivity (Wildman–Crippen MR) is 128 cm³/mol. The van der Waals surface area contributed by atoms with Gasteiger partial charge in [-0.25, -0.2) is 15.1 Å². The molecule has 0 saturated carbocycles. The first-order valence-electron chi connectivity index (χ1n) is 10.9. The van der Waals surface area contributed by atoms with Gasteiger partial charge in [0.1, 0.15) is 22.5 Å². The second-order valence-corrected chi connectivity index (χ2v) is 7.94. The number of H-pyrrole nitrogens is 1. The minimum Gasteiger partial charge on any atom is -0.497 e. The fourth-order valence-corrected chi connectivity index (χ4v) is 3.94. The Kier molecular flexibility index (Phi) is 5.97. The standard InChI is InChI=1S/C24H25N7O2/c1-33-19-4-2-3-17(13-19)22-28-20-14-26-30-24(32)21(20)23(29-22)27-18-7-5-16(6-8-18)15-31-11-9-25-10-12-31/h2-8,13-14,25H,9-12,15H2,1H3,(H,30,32)(H,27,28,29). The third-order valence-corrected chi connectivity index (χ3v) is 5.68. The average Bonchev–Trinajstić information content (AvgIpc) is 2.86. The summed E-state index contributed by atoms with van der Waals surface area (Å²) in [5, 5.41) is 13.4. The van der Waals surface area contributed by atoms with E-state index in [0.29, 0.717) is 28.3 Å². The van der Waals surface area contributed by atoms with Crippen LogP contribution in [0.1, 0.15) is 5.56 Å². The van der Waals surface area contributed by atoms with Crippen LogP contribution in [-0.4, -0.2) is 58.4 Å². The van der Waals surface area contributed by atoms with Crippen molar-refractivity contribution in [2.75, 3.05) is 38.6 Å². The third-order valence-electron chi connectivity index (χ3n) is 5.68. The Labute approximate surface area is 190 Å². The number of aromatic nitrogens is 4. The molecule has 0 atom stereocenters. The summed E-state index contributed by atoms with van der Waals surface area (Å²) in [7, 11) is 1.61. The number of ether oxygens (including phenoxy) is 1. The van der Waals surface area contributed by atoms with E-state index in [4.69, 9.17) is 4.74 Å². The molecule has 0 aliphatic carbocycles. The molecule has 9 nitrogen and oxygen atoms in total. The third kappa shape index (κ3) is 4.69. The van der Waals surface area contributed by atoms with E-state index in [2.05, 4.69) is 47.8 Å². The number of anilines is 2. The molecule has 0 bridgehead atoms. The van der Waals surface area contributed by atoms with Gasteiger partial charge in [-0.3, -0.25) is 9.69 Å². The zero-order valence-corrected chi connectivity index (χ0v) is 18.3. The Morgan fingerprint density at radius 3 is 2.70 bits per heavy atom. The molecule has 9 heteroatoms. The summed E-state index contributed by atoms with van der Waals surface area (Å²) in [6.07, 6.45) is 1.53. The number of hydrogen-bond acceptors (Lipinski definition) is 8. The Hall–Kier alpha value is -3.82. The summed E-state index contributed by atoms with van der Waals surface area (Å²) in [5.41, 5.74) is 2.99. The van der Waals surface area contributed by atoms with Crippen molar-refractivity contribution in [2.45, 2.75) is 6.54 Å². The number of nitrogens with zero attached hydrogens (tertiary/aromatic N) is 4. The van der Waals surface area contributed by atoms with Crippen LogP contribution in [0.4, 0.5) is 11.5 Å². The lowest BCUT2D eigenvalue weighted by atomic mass is 10.1. The van der Waals surface area contributed by atoms with E-state index in [-0.39, 0.29) is 5.56 Å². The molecule has 33 heavy (non-hydrogen) atoms. The highest BCUT2D eigenvalue weighted by atomic mass is 16.5. The van der Waals surface area contributed by atoms with Gasteiger partial charge >= 0.3 is 0 Å². The van der Waals surface area contributed by atoms with Gasteiger partial charge in [-0.2, -0.15) is 5.10 Å². The van der Waals surface area contributed by atoms with Crippen LogP contribution in [0.15, 0.2) is 59.5 Å². The van der Waals surface area contributed by atoms with E-state index in [0.717, 1.165) is 44.0 Å². The Balaban J connectivity index is 1.47. The lowest BCUT2D eigenvalue weighted by Gasteiger charge is -2.27. The summed E-state index contributed by atoms with van der Waals surface area (Å²) >= 11 is 0. The Morgan fingerprint density at radius 1 is 1.09 bits per heavy atom. The van der Waals surface area contributed by atoms with E-state index in [1.165, 1.54) is 11.8 Å². The highest BCUT2D eigenvalue weighted by molar-refractivity contribution is 5.91. The first-order valence-corrected chi connectivity index (χ1v) is 10.9. The average molecular weight is 444 g/mol. The number of piperazine rings is 1. The van der Waals surface area contributed by atoms with Gasteiger partial charge in [0.05, 0.1) is 13.3 Å². The lowest BCUT2D eigenvalue weighted by molar-refractivity contribution is 0.233. The smallest absolute Gasteiger partial charge is 0.277 e. The monoisotopic (exact) mass is 443 g/mol. The highest BCUT2D eigenvalue weighted by Gasteiger charge is 2.14. The molecular weight excluding hydrogens is 418 g/mol. The summed E-state index contributed by atoms with van der Waals surface area (Å²) in [6.45, 7) is 5.08. The van der Waals surface area contributed by atoms with Gasteiger partial charge < -0.3 is 15.4 Å². The first kappa shape index (κ1) is 21.0. The molecule has 0 unspecified atom stereocenters. The summed E-state index contributed by atoms with van der Waals surface area (Å²) in [5.74, 6) is 1.61. The van der Waals surface area contributed by atoms with Gasteiger partial charge in [0.15, 0.2) is 5.82 Å². The number of methoxy groups -OCH3 is 1. The quantitative estimate of drug-likeness (QED) is 0.417. The van der Waals surface area contributed by atoms with Crippen LogP contribution >= 0.6 is 0 Å². The van der Waals surface area contributed by atoms with Crippen LogP contribution < -0.4 is 20.9 Å². The largest absolute Gasteiger partial charge is 0.497 e. The molecule has 2 aromatic heterocycles. The molecule has 4 aromatic rings. The van der Waals surface area contributed by atoms with Crippen molar-refractivity contribution < 1.29 is 4.74 Å². The van der Waals surface area contributed by atoms with Crippen molar-refractivity contribution in [3.63, 3.8) is 0 Å². The zero-order chi connectivity index (χ0) is 22.6. The van der Waals surface area contributed by atoms with Crippen LogP contribution in [0.3, 0.4) is 0 Å². The zero-order valence-electron chi connectivity index (χ0n) is 18.3. The number of nitrogens with one attached hydrogen (secondary N) is 3. The normalized spacial score (nSPS) is 14.3. The predicted octanol–water partition coefficient (Wildman–Crippen LogP) is 2.54.